The number of aliphatic hydroxyl groups is 1. The van der Waals surface area contributed by atoms with E-state index in [1.165, 1.54) is 0 Å². The standard InChI is InChI=1S/C37H46ClN3O5S/c1-7-21-39(27-15-17-28(18-16-27)46-10-4)33(43)30-31-34(44)41(29(23-42)24(5)9-3)32(37(31)20-19-36(30,6)47-37)35(45)40(22-8-2)26-13-11-25(38)12-14-26/h7-8,11-18,24,29-32,42H,1-2,9-10,19-23H2,3-6H3/t24-,29-,30-,31-,32?,36+,37?/m0/s1. The minimum absolute atomic E-state index is 0.0779. The van der Waals surface area contributed by atoms with E-state index >= 15 is 0 Å². The van der Waals surface area contributed by atoms with Gasteiger partial charge in [0.1, 0.15) is 11.8 Å². The quantitative estimate of drug-likeness (QED) is 0.234. The van der Waals surface area contributed by atoms with Crippen molar-refractivity contribution in [1.29, 1.82) is 0 Å². The molecule has 3 aliphatic heterocycles. The van der Waals surface area contributed by atoms with Crippen LogP contribution in [0.4, 0.5) is 11.4 Å². The Morgan fingerprint density at radius 3 is 2.15 bits per heavy atom. The Labute approximate surface area is 287 Å². The summed E-state index contributed by atoms with van der Waals surface area (Å²) in [6.45, 7) is 16.5. The molecule has 0 aliphatic carbocycles. The lowest BCUT2D eigenvalue weighted by atomic mass is 9.66. The van der Waals surface area contributed by atoms with Crippen molar-refractivity contribution >= 4 is 52.5 Å². The summed E-state index contributed by atoms with van der Waals surface area (Å²) in [5.74, 6) is -1.44. The van der Waals surface area contributed by atoms with Gasteiger partial charge in [-0.2, -0.15) is 0 Å². The van der Waals surface area contributed by atoms with Crippen molar-refractivity contribution in [1.82, 2.24) is 4.90 Å². The van der Waals surface area contributed by atoms with E-state index in [9.17, 15) is 19.5 Å². The molecule has 3 aliphatic rings. The second-order valence-electron chi connectivity index (χ2n) is 13.0. The van der Waals surface area contributed by atoms with Gasteiger partial charge >= 0.3 is 0 Å². The number of rotatable bonds is 14. The van der Waals surface area contributed by atoms with E-state index < -0.39 is 33.4 Å². The lowest BCUT2D eigenvalue weighted by molar-refractivity contribution is -0.143. The zero-order valence-corrected chi connectivity index (χ0v) is 29.3. The van der Waals surface area contributed by atoms with Gasteiger partial charge in [-0.3, -0.25) is 14.4 Å². The van der Waals surface area contributed by atoms with Crippen LogP contribution in [0.2, 0.25) is 5.02 Å². The molecule has 8 nitrogen and oxygen atoms in total. The van der Waals surface area contributed by atoms with Crippen LogP contribution in [0.1, 0.15) is 47.0 Å². The Balaban J connectivity index is 1.62. The molecule has 0 radical (unpaired) electrons. The van der Waals surface area contributed by atoms with Crippen LogP contribution < -0.4 is 14.5 Å². The number of carbonyl (C=O) groups excluding carboxylic acids is 3. The molecular weight excluding hydrogens is 634 g/mol. The molecule has 7 atom stereocenters. The maximum atomic E-state index is 15.0. The largest absolute Gasteiger partial charge is 0.494 e. The summed E-state index contributed by atoms with van der Waals surface area (Å²) >= 11 is 7.82. The van der Waals surface area contributed by atoms with Crippen molar-refractivity contribution in [3.8, 4) is 5.75 Å². The average molecular weight is 680 g/mol. The van der Waals surface area contributed by atoms with Crippen LogP contribution >= 0.6 is 23.4 Å². The van der Waals surface area contributed by atoms with Gasteiger partial charge in [-0.1, -0.05) is 44.0 Å². The Bertz CT molecular complexity index is 1500. The number of amides is 3. The van der Waals surface area contributed by atoms with Gasteiger partial charge in [-0.15, -0.1) is 24.9 Å². The normalized spacial score (nSPS) is 27.2. The number of anilines is 2. The fraction of sp³-hybridized carbons (Fsp3) is 0.486. The highest BCUT2D eigenvalue weighted by Gasteiger charge is 2.78. The fourth-order valence-corrected chi connectivity index (χ4v) is 10.4. The summed E-state index contributed by atoms with van der Waals surface area (Å²) in [6, 6.07) is 12.9. The van der Waals surface area contributed by atoms with Gasteiger partial charge in [0.25, 0.3) is 5.91 Å². The summed E-state index contributed by atoms with van der Waals surface area (Å²) in [4.78, 5) is 49.7. The molecule has 10 heteroatoms. The van der Waals surface area contributed by atoms with Crippen LogP contribution in [0.5, 0.6) is 5.75 Å². The number of hydrogen-bond acceptors (Lipinski definition) is 6. The first-order valence-electron chi connectivity index (χ1n) is 16.5. The number of benzene rings is 2. The molecule has 1 N–H and O–H groups in total. The van der Waals surface area contributed by atoms with E-state index in [1.54, 1.807) is 62.9 Å². The van der Waals surface area contributed by atoms with E-state index in [2.05, 4.69) is 20.1 Å². The Morgan fingerprint density at radius 1 is 1.04 bits per heavy atom. The maximum absolute atomic E-state index is 15.0. The number of aliphatic hydroxyl groups excluding tert-OH is 1. The summed E-state index contributed by atoms with van der Waals surface area (Å²) in [6.07, 6.45) is 5.34. The number of fused-ring (bicyclic) bond motifs is 1. The van der Waals surface area contributed by atoms with Gasteiger partial charge in [0.15, 0.2) is 0 Å². The third-order valence-corrected chi connectivity index (χ3v) is 12.6. The van der Waals surface area contributed by atoms with Crippen molar-refractivity contribution in [2.45, 2.75) is 68.5 Å². The number of ether oxygens (including phenoxy) is 1. The molecule has 3 amide bonds. The summed E-state index contributed by atoms with van der Waals surface area (Å²) in [7, 11) is 0. The third-order valence-electron chi connectivity index (χ3n) is 10.3. The summed E-state index contributed by atoms with van der Waals surface area (Å²) < 4.78 is 4.20. The second kappa shape index (κ2) is 14.1. The molecule has 2 unspecified atom stereocenters. The number of hydrogen-bond donors (Lipinski definition) is 1. The van der Waals surface area contributed by atoms with E-state index in [-0.39, 0.29) is 43.3 Å². The number of carbonyl (C=O) groups is 3. The van der Waals surface area contributed by atoms with Crippen molar-refractivity contribution in [3.05, 3.63) is 78.9 Å². The van der Waals surface area contributed by atoms with E-state index in [4.69, 9.17) is 16.3 Å². The van der Waals surface area contributed by atoms with Crippen LogP contribution in [0, 0.1) is 17.8 Å². The minimum Gasteiger partial charge on any atom is -0.494 e. The van der Waals surface area contributed by atoms with E-state index in [0.717, 1.165) is 0 Å². The van der Waals surface area contributed by atoms with Crippen LogP contribution in [0.25, 0.3) is 0 Å². The molecule has 0 aromatic heterocycles. The van der Waals surface area contributed by atoms with Crippen LogP contribution in [0.3, 0.4) is 0 Å². The van der Waals surface area contributed by atoms with Gasteiger partial charge in [0, 0.05) is 34.2 Å². The number of likely N-dealkylation sites (tertiary alicyclic amines) is 1. The van der Waals surface area contributed by atoms with Crippen LogP contribution in [-0.2, 0) is 14.4 Å². The molecule has 0 saturated carbocycles. The zero-order valence-electron chi connectivity index (χ0n) is 27.7. The molecule has 2 aromatic carbocycles. The Hall–Kier alpha value is -3.27. The third kappa shape index (κ3) is 6.00. The second-order valence-corrected chi connectivity index (χ2v) is 15.3. The zero-order chi connectivity index (χ0) is 34.1. The topological polar surface area (TPSA) is 90.4 Å². The number of thioether (sulfide) groups is 1. The first-order chi connectivity index (χ1) is 22.5. The molecule has 3 saturated heterocycles. The van der Waals surface area contributed by atoms with E-state index in [1.807, 2.05) is 45.0 Å². The van der Waals surface area contributed by atoms with Crippen LogP contribution in [-0.4, -0.2) is 75.6 Å². The predicted octanol–water partition coefficient (Wildman–Crippen LogP) is 6.37. The molecule has 2 aromatic rings. The van der Waals surface area contributed by atoms with E-state index in [0.29, 0.717) is 48.0 Å². The smallest absolute Gasteiger partial charge is 0.251 e. The number of nitrogens with zero attached hydrogens (tertiary/aromatic N) is 3. The highest BCUT2D eigenvalue weighted by molar-refractivity contribution is 8.02. The summed E-state index contributed by atoms with van der Waals surface area (Å²) in [5.41, 5.74) is 1.33. The molecular formula is C37H46ClN3O5S. The van der Waals surface area contributed by atoms with Gasteiger partial charge in [0.05, 0.1) is 35.8 Å². The summed E-state index contributed by atoms with van der Waals surface area (Å²) in [5, 5.41) is 11.3. The lowest BCUT2D eigenvalue weighted by Gasteiger charge is -2.41. The molecule has 3 fully saturated rings. The minimum atomic E-state index is -0.885. The highest BCUT2D eigenvalue weighted by atomic mass is 35.5. The highest BCUT2D eigenvalue weighted by Crippen LogP contribution is 2.72. The maximum Gasteiger partial charge on any atom is 0.251 e. The lowest BCUT2D eigenvalue weighted by Crippen LogP contribution is -2.58. The fourth-order valence-electron chi connectivity index (χ4n) is 7.92. The molecule has 47 heavy (non-hydrogen) atoms. The van der Waals surface area contributed by atoms with Gasteiger partial charge in [-0.05, 0) is 81.1 Å². The monoisotopic (exact) mass is 679 g/mol. The molecule has 5 rings (SSSR count). The first-order valence-corrected chi connectivity index (χ1v) is 17.7. The van der Waals surface area contributed by atoms with Crippen molar-refractivity contribution < 1.29 is 24.2 Å². The molecule has 2 bridgehead atoms. The average Bonchev–Trinajstić information content (AvgIpc) is 3.64. The molecule has 3 heterocycles. The molecule has 252 valence electrons. The van der Waals surface area contributed by atoms with Crippen LogP contribution in [0.15, 0.2) is 73.8 Å². The predicted molar refractivity (Wildman–Crippen MR) is 190 cm³/mol. The van der Waals surface area contributed by atoms with Gasteiger partial charge in [0.2, 0.25) is 11.8 Å². The Kier molecular flexibility index (Phi) is 10.5. The van der Waals surface area contributed by atoms with Crippen molar-refractivity contribution in [3.63, 3.8) is 0 Å². The van der Waals surface area contributed by atoms with Crippen molar-refractivity contribution in [2.24, 2.45) is 17.8 Å². The SMILES string of the molecule is C=CCN(C(=O)C1N([C@@H](CO)[C@@H](C)CC)C(=O)[C@@H]2[C@@H](C(=O)N(CC=C)c3ccc(OCC)cc3)[C@@]3(C)CCC12S3)c1ccc(Cl)cc1. The Morgan fingerprint density at radius 2 is 1.62 bits per heavy atom. The van der Waals surface area contributed by atoms with Gasteiger partial charge < -0.3 is 24.5 Å². The van der Waals surface area contributed by atoms with Gasteiger partial charge in [-0.25, -0.2) is 0 Å². The molecule has 1 spiro atoms. The first kappa shape index (κ1) is 35.0. The number of halogens is 1. The van der Waals surface area contributed by atoms with Crippen molar-refractivity contribution in [2.75, 3.05) is 36.1 Å².